The number of nitrogens with zero attached hydrogens (tertiary/aromatic N) is 1. The highest BCUT2D eigenvalue weighted by Crippen LogP contribution is 2.49. The lowest BCUT2D eigenvalue weighted by atomic mass is 10.1. The highest BCUT2D eigenvalue weighted by Gasteiger charge is 2.60. The molecule has 0 heterocycles. The van der Waals surface area contributed by atoms with Gasteiger partial charge in [-0.3, -0.25) is 9.59 Å². The minimum atomic E-state index is -1.19. The van der Waals surface area contributed by atoms with Crippen molar-refractivity contribution in [1.82, 2.24) is 4.90 Å². The summed E-state index contributed by atoms with van der Waals surface area (Å²) in [7, 11) is 0. The van der Waals surface area contributed by atoms with Gasteiger partial charge in [0.1, 0.15) is 6.04 Å². The maximum atomic E-state index is 12.1. The number of hydrogen-bond acceptors (Lipinski definition) is 5. The molecule has 25 heavy (non-hydrogen) atoms. The van der Waals surface area contributed by atoms with Crippen molar-refractivity contribution in [2.75, 3.05) is 13.2 Å². The number of carboxylic acids is 1. The molecule has 1 saturated carbocycles. The lowest BCUT2D eigenvalue weighted by Gasteiger charge is -2.21. The van der Waals surface area contributed by atoms with Gasteiger partial charge < -0.3 is 26.2 Å². The number of carbonyl (C=O) groups is 3. The second-order valence-corrected chi connectivity index (χ2v) is 6.09. The minimum Gasteiger partial charge on any atom is -0.480 e. The summed E-state index contributed by atoms with van der Waals surface area (Å²) in [6, 6.07) is 7.43. The molecule has 1 aliphatic carbocycles. The standard InChI is InChI=1S/C17H23N3O5/c1-2-25-16(23)13-11(12(13)14(18)15(21)22)9-20(17(19)24)8-10-6-4-3-5-7-10/h3-7,11-14H,2,8-9,18H2,1H3,(H2,19,24)(H,21,22). The van der Waals surface area contributed by atoms with Crippen molar-refractivity contribution in [2.24, 2.45) is 29.2 Å². The summed E-state index contributed by atoms with van der Waals surface area (Å²) in [6.07, 6.45) is 0. The topological polar surface area (TPSA) is 136 Å². The zero-order valence-electron chi connectivity index (χ0n) is 14.0. The number of esters is 1. The maximum Gasteiger partial charge on any atom is 0.320 e. The Morgan fingerprint density at radius 2 is 1.92 bits per heavy atom. The fourth-order valence-corrected chi connectivity index (χ4v) is 3.15. The van der Waals surface area contributed by atoms with Crippen molar-refractivity contribution in [3.8, 4) is 0 Å². The van der Waals surface area contributed by atoms with Crippen molar-refractivity contribution in [2.45, 2.75) is 19.5 Å². The van der Waals surface area contributed by atoms with E-state index in [-0.39, 0.29) is 25.6 Å². The number of ether oxygens (including phenoxy) is 1. The molecule has 8 heteroatoms. The molecular weight excluding hydrogens is 326 g/mol. The molecule has 0 aromatic heterocycles. The Morgan fingerprint density at radius 3 is 2.44 bits per heavy atom. The molecule has 0 bridgehead atoms. The third-order valence-corrected chi connectivity index (χ3v) is 4.45. The van der Waals surface area contributed by atoms with Crippen LogP contribution in [0.25, 0.3) is 0 Å². The lowest BCUT2D eigenvalue weighted by molar-refractivity contribution is -0.145. The van der Waals surface area contributed by atoms with Crippen molar-refractivity contribution in [1.29, 1.82) is 0 Å². The predicted octanol–water partition coefficient (Wildman–Crippen LogP) is 0.405. The first kappa shape index (κ1) is 18.7. The number of rotatable bonds is 8. The van der Waals surface area contributed by atoms with Gasteiger partial charge >= 0.3 is 18.0 Å². The lowest BCUT2D eigenvalue weighted by Crippen LogP contribution is -2.38. The van der Waals surface area contributed by atoms with E-state index in [0.717, 1.165) is 5.56 Å². The monoisotopic (exact) mass is 349 g/mol. The highest BCUT2D eigenvalue weighted by atomic mass is 16.5. The molecule has 4 atom stereocenters. The van der Waals surface area contributed by atoms with Gasteiger partial charge in [0.05, 0.1) is 12.5 Å². The Balaban J connectivity index is 2.11. The number of aliphatic carboxylic acids is 1. The third-order valence-electron chi connectivity index (χ3n) is 4.45. The van der Waals surface area contributed by atoms with Gasteiger partial charge in [0.25, 0.3) is 0 Å². The summed E-state index contributed by atoms with van der Waals surface area (Å²) in [5, 5.41) is 9.14. The Hall–Kier alpha value is -2.61. The van der Waals surface area contributed by atoms with Crippen LogP contribution in [0.3, 0.4) is 0 Å². The van der Waals surface area contributed by atoms with E-state index in [1.54, 1.807) is 6.92 Å². The predicted molar refractivity (Wildman–Crippen MR) is 89.1 cm³/mol. The number of benzene rings is 1. The number of nitrogens with two attached hydrogens (primary N) is 2. The second-order valence-electron chi connectivity index (χ2n) is 6.09. The van der Waals surface area contributed by atoms with E-state index in [1.807, 2.05) is 30.3 Å². The highest BCUT2D eigenvalue weighted by molar-refractivity contribution is 5.81. The molecule has 136 valence electrons. The Labute approximate surface area is 145 Å². The summed E-state index contributed by atoms with van der Waals surface area (Å²) >= 11 is 0. The number of amides is 2. The Bertz CT molecular complexity index is 636. The summed E-state index contributed by atoms with van der Waals surface area (Å²) in [5.74, 6) is -3.27. The van der Waals surface area contributed by atoms with Gasteiger partial charge in [0.2, 0.25) is 0 Å². The first-order chi connectivity index (χ1) is 11.9. The number of hydrogen-bond donors (Lipinski definition) is 3. The maximum absolute atomic E-state index is 12.1. The molecule has 0 radical (unpaired) electrons. The number of carbonyl (C=O) groups excluding carboxylic acids is 2. The van der Waals surface area contributed by atoms with Gasteiger partial charge in [-0.15, -0.1) is 0 Å². The molecule has 0 saturated heterocycles. The van der Waals surface area contributed by atoms with Crippen LogP contribution in [0, 0.1) is 17.8 Å². The van der Waals surface area contributed by atoms with Crippen molar-refractivity contribution in [3.63, 3.8) is 0 Å². The fraction of sp³-hybridized carbons (Fsp3) is 0.471. The quantitative estimate of drug-likeness (QED) is 0.581. The molecular formula is C17H23N3O5. The largest absolute Gasteiger partial charge is 0.480 e. The third kappa shape index (κ3) is 4.48. The molecule has 8 nitrogen and oxygen atoms in total. The van der Waals surface area contributed by atoms with Crippen LogP contribution in [0.4, 0.5) is 4.79 Å². The Morgan fingerprint density at radius 1 is 1.28 bits per heavy atom. The molecule has 0 aliphatic heterocycles. The smallest absolute Gasteiger partial charge is 0.320 e. The van der Waals surface area contributed by atoms with Gasteiger partial charge in [-0.05, 0) is 18.4 Å². The molecule has 0 spiro atoms. The molecule has 1 aliphatic rings. The van der Waals surface area contributed by atoms with Crippen LogP contribution in [-0.4, -0.2) is 47.2 Å². The molecule has 2 amide bonds. The van der Waals surface area contributed by atoms with Crippen LogP contribution in [0.1, 0.15) is 12.5 Å². The zero-order chi connectivity index (χ0) is 18.6. The van der Waals surface area contributed by atoms with E-state index in [4.69, 9.17) is 21.3 Å². The summed E-state index contributed by atoms with van der Waals surface area (Å²) in [6.45, 7) is 2.30. The molecule has 4 unspecified atom stereocenters. The average Bonchev–Trinajstić information content (AvgIpc) is 3.28. The van der Waals surface area contributed by atoms with E-state index < -0.39 is 35.8 Å². The fourth-order valence-electron chi connectivity index (χ4n) is 3.15. The van der Waals surface area contributed by atoms with E-state index in [0.29, 0.717) is 0 Å². The first-order valence-corrected chi connectivity index (χ1v) is 8.10. The Kier molecular flexibility index (Phi) is 5.97. The van der Waals surface area contributed by atoms with Crippen LogP contribution in [0.5, 0.6) is 0 Å². The van der Waals surface area contributed by atoms with Crippen LogP contribution < -0.4 is 11.5 Å². The normalized spacial score (nSPS) is 22.7. The summed E-state index contributed by atoms with van der Waals surface area (Å²) < 4.78 is 4.99. The first-order valence-electron chi connectivity index (χ1n) is 8.10. The molecule has 1 fully saturated rings. The zero-order valence-corrected chi connectivity index (χ0v) is 14.0. The van der Waals surface area contributed by atoms with E-state index >= 15 is 0 Å². The van der Waals surface area contributed by atoms with E-state index in [2.05, 4.69) is 0 Å². The van der Waals surface area contributed by atoms with Gasteiger partial charge in [-0.2, -0.15) is 0 Å². The van der Waals surface area contributed by atoms with Gasteiger partial charge in [0.15, 0.2) is 0 Å². The van der Waals surface area contributed by atoms with Crippen molar-refractivity contribution in [3.05, 3.63) is 35.9 Å². The molecule has 1 aromatic carbocycles. The van der Waals surface area contributed by atoms with E-state index in [1.165, 1.54) is 4.90 Å². The van der Waals surface area contributed by atoms with Gasteiger partial charge in [0, 0.05) is 19.0 Å². The average molecular weight is 349 g/mol. The van der Waals surface area contributed by atoms with Crippen molar-refractivity contribution < 1.29 is 24.2 Å². The molecule has 5 N–H and O–H groups in total. The van der Waals surface area contributed by atoms with Gasteiger partial charge in [-0.25, -0.2) is 4.79 Å². The van der Waals surface area contributed by atoms with Crippen LogP contribution in [0.15, 0.2) is 30.3 Å². The molecule has 1 aromatic rings. The van der Waals surface area contributed by atoms with E-state index in [9.17, 15) is 14.4 Å². The SMILES string of the molecule is CCOC(=O)C1C(CN(Cc2ccccc2)C(N)=O)C1C(N)C(=O)O. The summed E-state index contributed by atoms with van der Waals surface area (Å²) in [5.41, 5.74) is 12.0. The number of primary amides is 1. The molecule has 2 rings (SSSR count). The minimum absolute atomic E-state index is 0.152. The number of carboxylic acid groups (broad SMARTS) is 1. The van der Waals surface area contributed by atoms with Gasteiger partial charge in [-0.1, -0.05) is 30.3 Å². The summed E-state index contributed by atoms with van der Waals surface area (Å²) in [4.78, 5) is 36.4. The van der Waals surface area contributed by atoms with Crippen LogP contribution >= 0.6 is 0 Å². The second kappa shape index (κ2) is 7.98. The van der Waals surface area contributed by atoms with Crippen LogP contribution in [-0.2, 0) is 20.9 Å². The van der Waals surface area contributed by atoms with Crippen LogP contribution in [0.2, 0.25) is 0 Å². The van der Waals surface area contributed by atoms with Crippen molar-refractivity contribution >= 4 is 18.0 Å². The number of urea groups is 1.